The normalized spacial score (nSPS) is 21.5. The maximum atomic E-state index is 11.3. The molecule has 13 heavy (non-hydrogen) atoms. The van der Waals surface area contributed by atoms with Crippen molar-refractivity contribution >= 4 is 27.3 Å². The summed E-state index contributed by atoms with van der Waals surface area (Å²) >= 11 is 0. The summed E-state index contributed by atoms with van der Waals surface area (Å²) in [4.78, 5) is 22.7. The fourth-order valence-corrected chi connectivity index (χ4v) is 1.73. The van der Waals surface area contributed by atoms with Gasteiger partial charge in [0.15, 0.2) is 4.86 Å². The van der Waals surface area contributed by atoms with E-state index in [0.29, 0.717) is 0 Å². The molecule has 1 heterocycles. The summed E-state index contributed by atoms with van der Waals surface area (Å²) in [6.07, 6.45) is 3.55. The third kappa shape index (κ3) is 2.09. The van der Waals surface area contributed by atoms with Crippen molar-refractivity contribution in [3.63, 3.8) is 0 Å². The van der Waals surface area contributed by atoms with Gasteiger partial charge in [0, 0.05) is 13.8 Å². The number of hydrogen-bond donors (Lipinski definition) is 0. The van der Waals surface area contributed by atoms with Crippen molar-refractivity contribution in [3.05, 3.63) is 0 Å². The van der Waals surface area contributed by atoms with E-state index in [9.17, 15) is 9.59 Å². The molecule has 1 aliphatic heterocycles. The highest BCUT2D eigenvalue weighted by molar-refractivity contribution is 8.16. The van der Waals surface area contributed by atoms with E-state index in [4.69, 9.17) is 9.47 Å². The van der Waals surface area contributed by atoms with Gasteiger partial charge in [0.1, 0.15) is 0 Å². The maximum Gasteiger partial charge on any atom is 0.354 e. The molecule has 0 amide bonds. The van der Waals surface area contributed by atoms with Crippen LogP contribution in [0.1, 0.15) is 13.8 Å². The van der Waals surface area contributed by atoms with Crippen LogP contribution in [0.15, 0.2) is 0 Å². The highest BCUT2D eigenvalue weighted by Gasteiger charge is 2.39. The molecule has 1 saturated heterocycles. The van der Waals surface area contributed by atoms with Crippen molar-refractivity contribution in [1.29, 1.82) is 0 Å². The molecule has 4 nitrogen and oxygen atoms in total. The predicted molar refractivity (Wildman–Crippen MR) is 50.7 cm³/mol. The summed E-state index contributed by atoms with van der Waals surface area (Å²) in [5, 5.41) is 0. The smallest absolute Gasteiger partial charge is 0.354 e. The number of carbonyl (C=O) groups excluding carboxylic acids is 2. The van der Waals surface area contributed by atoms with Crippen molar-refractivity contribution < 1.29 is 19.1 Å². The van der Waals surface area contributed by atoms with Crippen molar-refractivity contribution in [2.45, 2.75) is 19.6 Å². The van der Waals surface area contributed by atoms with Crippen LogP contribution in [-0.2, 0) is 19.1 Å². The highest BCUT2D eigenvalue weighted by atomic mass is 32.2. The first-order valence-corrected chi connectivity index (χ1v) is 5.79. The number of esters is 2. The van der Waals surface area contributed by atoms with Crippen LogP contribution in [0, 0.1) is 0 Å². The topological polar surface area (TPSA) is 52.6 Å². The number of hydrogen-bond acceptors (Lipinski definition) is 4. The van der Waals surface area contributed by atoms with E-state index < -0.39 is 28.2 Å². The lowest BCUT2D eigenvalue weighted by Gasteiger charge is -2.30. The summed E-state index contributed by atoms with van der Waals surface area (Å²) < 4.78 is 9.81. The van der Waals surface area contributed by atoms with Gasteiger partial charge in [0.2, 0.25) is 0 Å². The number of carbonyl (C=O) groups is 2. The molecular weight excluding hydrogens is 192 g/mol. The summed E-state index contributed by atoms with van der Waals surface area (Å²) in [6, 6.07) is 0. The fourth-order valence-electron chi connectivity index (χ4n) is 0.977. The van der Waals surface area contributed by atoms with Gasteiger partial charge < -0.3 is 9.47 Å². The Bertz CT molecular complexity index is 277. The van der Waals surface area contributed by atoms with Gasteiger partial charge in [0.25, 0.3) is 5.79 Å². The molecular formula is C8H12O4S. The highest BCUT2D eigenvalue weighted by Crippen LogP contribution is 2.21. The van der Waals surface area contributed by atoms with Gasteiger partial charge in [-0.1, -0.05) is 0 Å². The predicted octanol–water partition coefficient (Wildman–Crippen LogP) is 0.523. The van der Waals surface area contributed by atoms with Gasteiger partial charge >= 0.3 is 11.9 Å². The Labute approximate surface area is 79.1 Å². The largest absolute Gasteiger partial charge is 0.419 e. The first-order chi connectivity index (χ1) is 5.83. The van der Waals surface area contributed by atoms with E-state index in [1.165, 1.54) is 13.8 Å². The minimum absolute atomic E-state index is 0.110. The minimum atomic E-state index is -1.13. The molecule has 0 radical (unpaired) electrons. The van der Waals surface area contributed by atoms with Crippen LogP contribution in [0.4, 0.5) is 0 Å². The minimum Gasteiger partial charge on any atom is -0.419 e. The Kier molecular flexibility index (Phi) is 2.47. The first kappa shape index (κ1) is 10.2. The summed E-state index contributed by atoms with van der Waals surface area (Å²) in [5.74, 6) is -2.25. The second-order valence-corrected chi connectivity index (χ2v) is 5.37. The third-order valence-electron chi connectivity index (χ3n) is 1.46. The van der Waals surface area contributed by atoms with Crippen molar-refractivity contribution in [2.24, 2.45) is 0 Å². The molecule has 0 aromatic heterocycles. The van der Waals surface area contributed by atoms with Crippen LogP contribution in [0.25, 0.3) is 0 Å². The first-order valence-electron chi connectivity index (χ1n) is 3.75. The summed E-state index contributed by atoms with van der Waals surface area (Å²) in [5.41, 5.74) is 0. The van der Waals surface area contributed by atoms with Crippen LogP contribution in [0.5, 0.6) is 0 Å². The Hall–Kier alpha value is -0.840. The van der Waals surface area contributed by atoms with Gasteiger partial charge in [-0.25, -0.2) is 9.59 Å². The van der Waals surface area contributed by atoms with E-state index in [1.54, 1.807) is 12.5 Å². The lowest BCUT2D eigenvalue weighted by Crippen LogP contribution is -2.46. The average Bonchev–Trinajstić information content (AvgIpc) is 1.78. The molecule has 0 aliphatic carbocycles. The number of rotatable bonds is 0. The molecule has 0 aromatic carbocycles. The van der Waals surface area contributed by atoms with Gasteiger partial charge in [-0.15, -0.1) is 0 Å². The third-order valence-corrected chi connectivity index (χ3v) is 2.61. The SMILES string of the molecule is CS(C)=C1C(=O)OC(C)(C)OC1=O. The van der Waals surface area contributed by atoms with E-state index in [-0.39, 0.29) is 4.86 Å². The summed E-state index contributed by atoms with van der Waals surface area (Å²) in [7, 11) is -0.428. The van der Waals surface area contributed by atoms with E-state index in [0.717, 1.165) is 0 Å². The van der Waals surface area contributed by atoms with Gasteiger partial charge in [0.05, 0.1) is 0 Å². The Balaban J connectivity index is 3.04. The zero-order chi connectivity index (χ0) is 10.2. The van der Waals surface area contributed by atoms with Crippen molar-refractivity contribution in [3.8, 4) is 0 Å². The molecule has 0 unspecified atom stereocenters. The Morgan fingerprint density at radius 2 is 1.46 bits per heavy atom. The molecule has 1 fully saturated rings. The van der Waals surface area contributed by atoms with Gasteiger partial charge in [-0.2, -0.15) is 10.5 Å². The van der Waals surface area contributed by atoms with Crippen molar-refractivity contribution in [1.82, 2.24) is 0 Å². The van der Waals surface area contributed by atoms with Crippen LogP contribution in [-0.4, -0.2) is 35.1 Å². The van der Waals surface area contributed by atoms with Gasteiger partial charge in [-0.05, 0) is 12.5 Å². The summed E-state index contributed by atoms with van der Waals surface area (Å²) in [6.45, 7) is 3.06. The maximum absolute atomic E-state index is 11.3. The molecule has 1 rings (SSSR count). The second kappa shape index (κ2) is 3.14. The Morgan fingerprint density at radius 1 is 1.08 bits per heavy atom. The molecule has 1 aliphatic rings. The zero-order valence-corrected chi connectivity index (χ0v) is 8.86. The standard InChI is InChI=1S/C8H12O4S/c1-8(2)11-6(9)5(13(3)4)7(10)12-8/h1-4H3. The average molecular weight is 204 g/mol. The molecule has 0 aromatic rings. The Morgan fingerprint density at radius 3 is 1.77 bits per heavy atom. The molecule has 0 saturated carbocycles. The van der Waals surface area contributed by atoms with E-state index in [2.05, 4.69) is 0 Å². The van der Waals surface area contributed by atoms with Crippen LogP contribution < -0.4 is 0 Å². The number of ether oxygens (including phenoxy) is 2. The lowest BCUT2D eigenvalue weighted by atomic mass is 10.3. The quantitative estimate of drug-likeness (QED) is 0.426. The molecule has 0 spiro atoms. The monoisotopic (exact) mass is 204 g/mol. The van der Waals surface area contributed by atoms with Crippen LogP contribution in [0.2, 0.25) is 0 Å². The molecule has 0 atom stereocenters. The second-order valence-electron chi connectivity index (χ2n) is 3.32. The number of cyclic esters (lactones) is 2. The fraction of sp³-hybridized carbons (Fsp3) is 0.625. The molecule has 74 valence electrons. The van der Waals surface area contributed by atoms with E-state index >= 15 is 0 Å². The van der Waals surface area contributed by atoms with Crippen molar-refractivity contribution in [2.75, 3.05) is 12.5 Å². The van der Waals surface area contributed by atoms with Gasteiger partial charge in [-0.3, -0.25) is 0 Å². The molecule has 5 heteroatoms. The van der Waals surface area contributed by atoms with Crippen LogP contribution in [0.3, 0.4) is 0 Å². The zero-order valence-electron chi connectivity index (χ0n) is 8.04. The van der Waals surface area contributed by atoms with E-state index in [1.807, 2.05) is 0 Å². The van der Waals surface area contributed by atoms with Crippen LogP contribution >= 0.6 is 10.5 Å². The lowest BCUT2D eigenvalue weighted by molar-refractivity contribution is -0.214. The molecule has 0 N–H and O–H groups in total. The molecule has 0 bridgehead atoms.